The van der Waals surface area contributed by atoms with Gasteiger partial charge in [-0.05, 0) is 43.4 Å². The Hall–Kier alpha value is -2.89. The smallest absolute Gasteiger partial charge is 0.340 e. The lowest BCUT2D eigenvalue weighted by molar-refractivity contribution is -0.124. The van der Waals surface area contributed by atoms with Crippen LogP contribution in [0.25, 0.3) is 0 Å². The fourth-order valence-electron chi connectivity index (χ4n) is 3.53. The van der Waals surface area contributed by atoms with Crippen LogP contribution in [0.2, 0.25) is 0 Å². The van der Waals surface area contributed by atoms with Crippen molar-refractivity contribution in [1.82, 2.24) is 10.3 Å². The standard InChI is InChI=1S/C22H25N3O3/c26-20(24-15-22(11-4-12-22)17-5-2-1-3-6-17)14-28-21(27)16-7-10-19(23-13-16)25-18-8-9-18/h1-3,5-7,10,13,18H,4,8-9,11-12,14-15H2,(H,23,25)(H,24,26). The summed E-state index contributed by atoms with van der Waals surface area (Å²) in [5, 5.41) is 6.19. The van der Waals surface area contributed by atoms with E-state index in [0.29, 0.717) is 18.2 Å². The average Bonchev–Trinajstić information content (AvgIpc) is 3.51. The molecule has 0 atom stereocenters. The lowest BCUT2D eigenvalue weighted by atomic mass is 9.64. The van der Waals surface area contributed by atoms with Crippen LogP contribution in [-0.2, 0) is 14.9 Å². The lowest BCUT2D eigenvalue weighted by Crippen LogP contribution is -2.46. The summed E-state index contributed by atoms with van der Waals surface area (Å²) in [6.45, 7) is 0.280. The van der Waals surface area contributed by atoms with E-state index in [-0.39, 0.29) is 17.9 Å². The molecular formula is C22H25N3O3. The molecule has 0 aliphatic heterocycles. The molecule has 2 fully saturated rings. The van der Waals surface area contributed by atoms with Crippen LogP contribution in [0, 0.1) is 0 Å². The van der Waals surface area contributed by atoms with Crippen LogP contribution in [0.3, 0.4) is 0 Å². The number of rotatable bonds is 8. The highest BCUT2D eigenvalue weighted by Gasteiger charge is 2.38. The van der Waals surface area contributed by atoms with Crippen molar-refractivity contribution in [3.8, 4) is 0 Å². The summed E-state index contributed by atoms with van der Waals surface area (Å²) in [5.74, 6) is -0.0684. The maximum atomic E-state index is 12.2. The van der Waals surface area contributed by atoms with Crippen LogP contribution in [0.5, 0.6) is 0 Å². The Kier molecular flexibility index (Phi) is 5.28. The minimum atomic E-state index is -0.540. The number of nitrogens with zero attached hydrogens (tertiary/aromatic N) is 1. The fraction of sp³-hybridized carbons (Fsp3) is 0.409. The molecular weight excluding hydrogens is 354 g/mol. The van der Waals surface area contributed by atoms with Crippen molar-refractivity contribution in [2.75, 3.05) is 18.5 Å². The predicted molar refractivity (Wildman–Crippen MR) is 106 cm³/mol. The van der Waals surface area contributed by atoms with Gasteiger partial charge < -0.3 is 15.4 Å². The first-order chi connectivity index (χ1) is 13.6. The SMILES string of the molecule is O=C(COC(=O)c1ccc(NC2CC2)nc1)NCC1(c2ccccc2)CCC1. The Labute approximate surface area is 164 Å². The topological polar surface area (TPSA) is 80.3 Å². The van der Waals surface area contributed by atoms with Gasteiger partial charge in [0.15, 0.2) is 6.61 Å². The summed E-state index contributed by atoms with van der Waals surface area (Å²) in [6.07, 6.45) is 7.08. The zero-order chi connectivity index (χ0) is 19.4. The van der Waals surface area contributed by atoms with E-state index in [1.165, 1.54) is 18.2 Å². The molecule has 0 bridgehead atoms. The van der Waals surface area contributed by atoms with Crippen LogP contribution in [-0.4, -0.2) is 36.1 Å². The van der Waals surface area contributed by atoms with Gasteiger partial charge in [-0.2, -0.15) is 0 Å². The molecule has 0 unspecified atom stereocenters. The molecule has 0 saturated heterocycles. The summed E-state index contributed by atoms with van der Waals surface area (Å²) in [6, 6.07) is 14.2. The Balaban J connectivity index is 1.24. The molecule has 1 aromatic carbocycles. The van der Waals surface area contributed by atoms with E-state index >= 15 is 0 Å². The van der Waals surface area contributed by atoms with Gasteiger partial charge in [0.1, 0.15) is 5.82 Å². The third-order valence-corrected chi connectivity index (χ3v) is 5.58. The molecule has 6 nitrogen and oxygen atoms in total. The van der Waals surface area contributed by atoms with Crippen LogP contribution in [0.15, 0.2) is 48.7 Å². The third kappa shape index (κ3) is 4.32. The monoisotopic (exact) mass is 379 g/mol. The number of hydrogen-bond donors (Lipinski definition) is 2. The number of pyridine rings is 1. The molecule has 1 heterocycles. The minimum Gasteiger partial charge on any atom is -0.452 e. The summed E-state index contributed by atoms with van der Waals surface area (Å²) < 4.78 is 5.13. The highest BCUT2D eigenvalue weighted by atomic mass is 16.5. The molecule has 6 heteroatoms. The molecule has 2 saturated carbocycles. The molecule has 2 aliphatic rings. The molecule has 2 N–H and O–H groups in total. The molecule has 1 amide bonds. The number of anilines is 1. The Morgan fingerprint density at radius 3 is 2.50 bits per heavy atom. The number of carbonyl (C=O) groups excluding carboxylic acids is 2. The molecule has 4 rings (SSSR count). The molecule has 28 heavy (non-hydrogen) atoms. The molecule has 0 spiro atoms. The summed E-state index contributed by atoms with van der Waals surface area (Å²) in [4.78, 5) is 28.5. The third-order valence-electron chi connectivity index (χ3n) is 5.58. The van der Waals surface area contributed by atoms with Crippen molar-refractivity contribution in [3.05, 3.63) is 59.8 Å². The van der Waals surface area contributed by atoms with Crippen molar-refractivity contribution in [3.63, 3.8) is 0 Å². The molecule has 0 radical (unpaired) electrons. The number of esters is 1. The van der Waals surface area contributed by atoms with E-state index in [0.717, 1.165) is 31.5 Å². The average molecular weight is 379 g/mol. The Bertz CT molecular complexity index is 828. The minimum absolute atomic E-state index is 0.00916. The van der Waals surface area contributed by atoms with E-state index in [2.05, 4.69) is 27.8 Å². The summed E-state index contributed by atoms with van der Waals surface area (Å²) in [7, 11) is 0. The van der Waals surface area contributed by atoms with Crippen molar-refractivity contribution in [2.24, 2.45) is 0 Å². The number of ether oxygens (including phenoxy) is 1. The first-order valence-electron chi connectivity index (χ1n) is 9.87. The highest BCUT2D eigenvalue weighted by Crippen LogP contribution is 2.43. The normalized spacial score (nSPS) is 17.3. The van der Waals surface area contributed by atoms with Crippen LogP contribution >= 0.6 is 0 Å². The van der Waals surface area contributed by atoms with Crippen molar-refractivity contribution in [2.45, 2.75) is 43.6 Å². The molecule has 1 aromatic heterocycles. The first kappa shape index (κ1) is 18.5. The number of amides is 1. The number of benzene rings is 1. The number of nitrogens with one attached hydrogen (secondary N) is 2. The quantitative estimate of drug-likeness (QED) is 0.689. The van der Waals surface area contributed by atoms with Crippen LogP contribution in [0.1, 0.15) is 48.0 Å². The van der Waals surface area contributed by atoms with E-state index in [1.807, 2.05) is 18.2 Å². The highest BCUT2D eigenvalue weighted by molar-refractivity contribution is 5.91. The van der Waals surface area contributed by atoms with Gasteiger partial charge in [0.25, 0.3) is 5.91 Å². The van der Waals surface area contributed by atoms with Crippen molar-refractivity contribution >= 4 is 17.7 Å². The van der Waals surface area contributed by atoms with Gasteiger partial charge in [-0.3, -0.25) is 4.79 Å². The second kappa shape index (κ2) is 8.00. The second-order valence-electron chi connectivity index (χ2n) is 7.70. The number of carbonyl (C=O) groups is 2. The van der Waals surface area contributed by atoms with Gasteiger partial charge in [0, 0.05) is 24.2 Å². The molecule has 2 aliphatic carbocycles. The van der Waals surface area contributed by atoms with Gasteiger partial charge in [-0.1, -0.05) is 36.8 Å². The Morgan fingerprint density at radius 1 is 1.11 bits per heavy atom. The van der Waals surface area contributed by atoms with E-state index in [4.69, 9.17) is 4.74 Å². The maximum absolute atomic E-state index is 12.2. The summed E-state index contributed by atoms with van der Waals surface area (Å²) >= 11 is 0. The van der Waals surface area contributed by atoms with E-state index in [1.54, 1.807) is 12.1 Å². The zero-order valence-corrected chi connectivity index (χ0v) is 15.8. The van der Waals surface area contributed by atoms with E-state index in [9.17, 15) is 9.59 Å². The van der Waals surface area contributed by atoms with Gasteiger partial charge in [-0.15, -0.1) is 0 Å². The second-order valence-corrected chi connectivity index (χ2v) is 7.70. The first-order valence-corrected chi connectivity index (χ1v) is 9.87. The van der Waals surface area contributed by atoms with Crippen molar-refractivity contribution < 1.29 is 14.3 Å². The maximum Gasteiger partial charge on any atom is 0.340 e. The van der Waals surface area contributed by atoms with Gasteiger partial charge in [0.2, 0.25) is 0 Å². The molecule has 2 aromatic rings. The van der Waals surface area contributed by atoms with Crippen LogP contribution in [0.4, 0.5) is 5.82 Å². The lowest BCUT2D eigenvalue weighted by Gasteiger charge is -2.42. The van der Waals surface area contributed by atoms with Crippen molar-refractivity contribution in [1.29, 1.82) is 0 Å². The summed E-state index contributed by atoms with van der Waals surface area (Å²) in [5.41, 5.74) is 1.60. The van der Waals surface area contributed by atoms with Gasteiger partial charge in [-0.25, -0.2) is 9.78 Å². The van der Waals surface area contributed by atoms with E-state index < -0.39 is 5.97 Å². The predicted octanol–water partition coefficient (Wildman–Crippen LogP) is 3.05. The molecule has 146 valence electrons. The fourth-order valence-corrected chi connectivity index (χ4v) is 3.53. The zero-order valence-electron chi connectivity index (χ0n) is 15.8. The Morgan fingerprint density at radius 2 is 1.89 bits per heavy atom. The van der Waals surface area contributed by atoms with Gasteiger partial charge in [0.05, 0.1) is 5.56 Å². The van der Waals surface area contributed by atoms with Gasteiger partial charge >= 0.3 is 5.97 Å². The number of aromatic nitrogens is 1. The number of hydrogen-bond acceptors (Lipinski definition) is 5. The van der Waals surface area contributed by atoms with Crippen LogP contribution < -0.4 is 10.6 Å². The largest absolute Gasteiger partial charge is 0.452 e.